The average molecular weight is 678 g/mol. The van der Waals surface area contributed by atoms with Crippen LogP contribution in [0.15, 0.2) is 60.1 Å². The number of amides is 2. The Balaban J connectivity index is 1.96. The molecule has 48 heavy (non-hydrogen) atoms. The molecule has 2 heterocycles. The quantitative estimate of drug-likeness (QED) is 0.159. The lowest BCUT2D eigenvalue weighted by atomic mass is 9.82. The van der Waals surface area contributed by atoms with Crippen LogP contribution in [0.5, 0.6) is 5.75 Å². The number of esters is 1. The number of nitrogens with zero attached hydrogens (tertiary/aromatic N) is 3. The predicted octanol–water partition coefficient (Wildman–Crippen LogP) is 7.93. The minimum absolute atomic E-state index is 0.0295. The summed E-state index contributed by atoms with van der Waals surface area (Å²) in [4.78, 5) is 56.6. The largest absolute Gasteiger partial charge is 0.496 e. The fourth-order valence-corrected chi connectivity index (χ4v) is 7.57. The maximum Gasteiger partial charge on any atom is 0.332 e. The van der Waals surface area contributed by atoms with Gasteiger partial charge in [0.25, 0.3) is 11.8 Å². The number of likely N-dealkylation sites (tertiary alicyclic amines) is 1. The van der Waals surface area contributed by atoms with Crippen LogP contribution in [0.4, 0.5) is 0 Å². The van der Waals surface area contributed by atoms with Crippen molar-refractivity contribution < 1.29 is 28.7 Å². The Kier molecular flexibility index (Phi) is 11.1. The Labute approximate surface area is 289 Å². The van der Waals surface area contributed by atoms with Crippen LogP contribution in [0.3, 0.4) is 0 Å². The van der Waals surface area contributed by atoms with Crippen LogP contribution >= 0.6 is 11.3 Å². The van der Waals surface area contributed by atoms with E-state index in [0.717, 1.165) is 11.1 Å². The first-order valence-corrected chi connectivity index (χ1v) is 17.4. The van der Waals surface area contributed by atoms with Gasteiger partial charge in [0.15, 0.2) is 0 Å². The first kappa shape index (κ1) is 37.1. The summed E-state index contributed by atoms with van der Waals surface area (Å²) >= 11 is 1.35. The van der Waals surface area contributed by atoms with Gasteiger partial charge in [-0.05, 0) is 75.1 Å². The zero-order valence-electron chi connectivity index (χ0n) is 30.2. The molecule has 1 aliphatic heterocycles. The van der Waals surface area contributed by atoms with Gasteiger partial charge in [0.1, 0.15) is 21.9 Å². The van der Waals surface area contributed by atoms with E-state index in [1.54, 1.807) is 51.1 Å². The zero-order chi connectivity index (χ0) is 35.6. The summed E-state index contributed by atoms with van der Waals surface area (Å²) in [5, 5.41) is 3.72. The summed E-state index contributed by atoms with van der Waals surface area (Å²) in [5.41, 5.74) is -0.395. The smallest absolute Gasteiger partial charge is 0.332 e. The molecule has 0 radical (unpaired) electrons. The summed E-state index contributed by atoms with van der Waals surface area (Å²) in [6, 6.07) is 13.7. The van der Waals surface area contributed by atoms with Gasteiger partial charge >= 0.3 is 5.97 Å². The molecule has 0 saturated carbocycles. The van der Waals surface area contributed by atoms with E-state index in [1.807, 2.05) is 62.5 Å². The molecule has 9 nitrogen and oxygen atoms in total. The molecule has 3 aromatic rings. The SMILES string of the molecule is COc1cc(C(=O)N2C(c3nccs3)C(C(=O)N(OC)C(C)c3ccccc3)CC2(CC(C)C)C(=O)OC(C)(C)C)ccc1C(C)(C)C. The summed E-state index contributed by atoms with van der Waals surface area (Å²) in [5.74, 6) is -1.63. The molecule has 0 aliphatic carbocycles. The van der Waals surface area contributed by atoms with Crippen LogP contribution in [0, 0.1) is 11.8 Å². The van der Waals surface area contributed by atoms with Crippen LogP contribution < -0.4 is 4.74 Å². The van der Waals surface area contributed by atoms with Crippen molar-refractivity contribution in [3.05, 3.63) is 81.8 Å². The lowest BCUT2D eigenvalue weighted by molar-refractivity contribution is -0.193. The highest BCUT2D eigenvalue weighted by atomic mass is 32.1. The van der Waals surface area contributed by atoms with Crippen LogP contribution in [0.1, 0.15) is 114 Å². The number of methoxy groups -OCH3 is 1. The summed E-state index contributed by atoms with van der Waals surface area (Å²) < 4.78 is 11.9. The van der Waals surface area contributed by atoms with E-state index < -0.39 is 41.0 Å². The second-order valence-electron chi connectivity index (χ2n) is 15.0. The Hall–Kier alpha value is -3.76. The molecule has 0 N–H and O–H groups in total. The number of rotatable bonds is 10. The molecule has 4 unspecified atom stereocenters. The third-order valence-electron chi connectivity index (χ3n) is 8.75. The van der Waals surface area contributed by atoms with Crippen LogP contribution in [0.2, 0.25) is 0 Å². The van der Waals surface area contributed by atoms with Gasteiger partial charge in [0, 0.05) is 17.1 Å². The van der Waals surface area contributed by atoms with Crippen molar-refractivity contribution in [1.82, 2.24) is 14.9 Å². The van der Waals surface area contributed by atoms with E-state index in [9.17, 15) is 9.59 Å². The molecular formula is C38H51N3O6S. The van der Waals surface area contributed by atoms with Gasteiger partial charge in [-0.3, -0.25) is 14.4 Å². The van der Waals surface area contributed by atoms with Crippen molar-refractivity contribution in [1.29, 1.82) is 0 Å². The Morgan fingerprint density at radius 3 is 2.21 bits per heavy atom. The topological polar surface area (TPSA) is 98.3 Å². The molecule has 4 rings (SSSR count). The Morgan fingerprint density at radius 2 is 1.69 bits per heavy atom. The number of ether oxygens (including phenoxy) is 2. The average Bonchev–Trinajstić information content (AvgIpc) is 3.66. The van der Waals surface area contributed by atoms with E-state index in [4.69, 9.17) is 14.3 Å². The van der Waals surface area contributed by atoms with Gasteiger partial charge < -0.3 is 14.4 Å². The number of carbonyl (C=O) groups excluding carboxylic acids is 3. The maximum atomic E-state index is 15.1. The number of thiazole rings is 1. The summed E-state index contributed by atoms with van der Waals surface area (Å²) in [6.45, 7) is 17.6. The highest BCUT2D eigenvalue weighted by Crippen LogP contribution is 2.53. The molecule has 2 amide bonds. The lowest BCUT2D eigenvalue weighted by Crippen LogP contribution is -2.56. The van der Waals surface area contributed by atoms with Crippen LogP contribution in [-0.4, -0.2) is 58.1 Å². The third kappa shape index (κ3) is 7.60. The molecule has 2 aromatic carbocycles. The summed E-state index contributed by atoms with van der Waals surface area (Å²) in [7, 11) is 3.05. The fourth-order valence-electron chi connectivity index (χ4n) is 6.77. The molecule has 10 heteroatoms. The van der Waals surface area contributed by atoms with Crippen molar-refractivity contribution in [2.45, 2.75) is 104 Å². The third-order valence-corrected chi connectivity index (χ3v) is 9.59. The van der Waals surface area contributed by atoms with Crippen LogP contribution in [0.25, 0.3) is 0 Å². The number of carbonyl (C=O) groups is 3. The van der Waals surface area contributed by atoms with E-state index in [-0.39, 0.29) is 30.1 Å². The number of hydrogen-bond donors (Lipinski definition) is 0. The van der Waals surface area contributed by atoms with Crippen LogP contribution in [-0.2, 0) is 24.6 Å². The van der Waals surface area contributed by atoms with Gasteiger partial charge in [0.2, 0.25) is 0 Å². The van der Waals surface area contributed by atoms with E-state index >= 15 is 4.79 Å². The monoisotopic (exact) mass is 677 g/mol. The second kappa shape index (κ2) is 14.4. The maximum absolute atomic E-state index is 15.1. The highest BCUT2D eigenvalue weighted by Gasteiger charge is 2.63. The van der Waals surface area contributed by atoms with Crippen molar-refractivity contribution in [2.75, 3.05) is 14.2 Å². The summed E-state index contributed by atoms with van der Waals surface area (Å²) in [6.07, 6.45) is 1.97. The molecule has 1 aromatic heterocycles. The van der Waals surface area contributed by atoms with Gasteiger partial charge in [-0.25, -0.2) is 14.8 Å². The normalized spacial score (nSPS) is 20.5. The minimum Gasteiger partial charge on any atom is -0.496 e. The van der Waals surface area contributed by atoms with E-state index in [0.29, 0.717) is 16.3 Å². The Bertz CT molecular complexity index is 1580. The van der Waals surface area contributed by atoms with Gasteiger partial charge in [-0.15, -0.1) is 11.3 Å². The molecule has 0 spiro atoms. The van der Waals surface area contributed by atoms with Crippen molar-refractivity contribution in [2.24, 2.45) is 11.8 Å². The van der Waals surface area contributed by atoms with Gasteiger partial charge in [0.05, 0.1) is 32.2 Å². The standard InChI is InChI=1S/C38H51N3O6S/c1-24(2)22-38(35(44)47-37(7,8)9)23-28(34(43)41(46-11)25(3)26-15-13-12-14-16-26)31(32-39-19-20-48-32)40(38)33(42)27-17-18-29(36(4,5)6)30(21-27)45-10/h12-21,24-25,28,31H,22-23H2,1-11H3. The molecule has 1 aliphatic rings. The fraction of sp³-hybridized carbons (Fsp3) is 0.526. The van der Waals surface area contributed by atoms with Crippen molar-refractivity contribution in [3.63, 3.8) is 0 Å². The van der Waals surface area contributed by atoms with Crippen molar-refractivity contribution in [3.8, 4) is 5.75 Å². The Morgan fingerprint density at radius 1 is 1.02 bits per heavy atom. The minimum atomic E-state index is -1.49. The first-order valence-electron chi connectivity index (χ1n) is 16.5. The molecule has 1 fully saturated rings. The molecule has 260 valence electrons. The molecular weight excluding hydrogens is 627 g/mol. The molecule has 0 bridgehead atoms. The highest BCUT2D eigenvalue weighted by molar-refractivity contribution is 7.09. The number of hydrogen-bond acceptors (Lipinski definition) is 8. The van der Waals surface area contributed by atoms with Gasteiger partial charge in [-0.1, -0.05) is 71.0 Å². The second-order valence-corrected chi connectivity index (χ2v) is 16.0. The lowest BCUT2D eigenvalue weighted by Gasteiger charge is -2.41. The number of benzene rings is 2. The predicted molar refractivity (Wildman–Crippen MR) is 188 cm³/mol. The zero-order valence-corrected chi connectivity index (χ0v) is 31.0. The number of hydroxylamine groups is 2. The molecule has 1 saturated heterocycles. The van der Waals surface area contributed by atoms with E-state index in [2.05, 4.69) is 25.8 Å². The van der Waals surface area contributed by atoms with Crippen molar-refractivity contribution >= 4 is 29.1 Å². The van der Waals surface area contributed by atoms with Gasteiger partial charge in [-0.2, -0.15) is 0 Å². The van der Waals surface area contributed by atoms with E-state index in [1.165, 1.54) is 23.5 Å². The number of aromatic nitrogens is 1. The first-order chi connectivity index (χ1) is 22.4. The molecule has 4 atom stereocenters.